The molecule has 0 saturated carbocycles. The number of hydrogen-bond acceptors (Lipinski definition) is 12. The molecule has 0 aromatic heterocycles. The lowest BCUT2D eigenvalue weighted by molar-refractivity contribution is -0.265. The smallest absolute Gasteiger partial charge is 0.404 e. The average molecular weight is 411 g/mol. The minimum atomic E-state index is -5.11. The van der Waals surface area contributed by atoms with Crippen LogP contribution in [0.4, 0.5) is 4.79 Å². The van der Waals surface area contributed by atoms with Gasteiger partial charge in [-0.25, -0.2) is 19.0 Å². The number of primary amides is 1. The highest BCUT2D eigenvalue weighted by molar-refractivity contribution is 7.80. The predicted octanol–water partition coefficient (Wildman–Crippen LogP) is -4.74. The van der Waals surface area contributed by atoms with Gasteiger partial charge in [-0.1, -0.05) is 0 Å². The molecule has 4 atom stereocenters. The van der Waals surface area contributed by atoms with Crippen molar-refractivity contribution in [2.24, 2.45) is 16.5 Å². The maximum Gasteiger partial charge on any atom is 0.404 e. The van der Waals surface area contributed by atoms with Crippen molar-refractivity contribution in [3.8, 4) is 0 Å². The first kappa shape index (κ1) is 19.3. The molecule has 10 N–H and O–H groups in total. The maximum absolute atomic E-state index is 11.1. The normalized spacial score (nSPS) is 34.6. The summed E-state index contributed by atoms with van der Waals surface area (Å²) in [4.78, 5) is 15.7. The van der Waals surface area contributed by atoms with Crippen molar-refractivity contribution in [3.63, 3.8) is 0 Å². The Balaban J connectivity index is 2.07. The second kappa shape index (κ2) is 5.78. The number of guanidine groups is 2. The molecule has 16 nitrogen and oxygen atoms in total. The largest absolute Gasteiger partial charge is 0.447 e. The summed E-state index contributed by atoms with van der Waals surface area (Å²) < 4.78 is 39.9. The summed E-state index contributed by atoms with van der Waals surface area (Å²) in [6, 6.07) is -2.74. The van der Waals surface area contributed by atoms with Crippen LogP contribution in [0.5, 0.6) is 0 Å². The standard InChI is InChI=1S/C10H17N7O9S/c11-6-14-5-3(2-25-8(13)18)17(21)7(12)16-1-4(26-27(22,23)24)10(19,20)9(5,16)15-6/h3-5,12,19-21H,1-2H2,(H2,13,18)(H3,11,14,15)(H,22,23,24)/t3-,4-,5+,9-/m0/s1. The zero-order chi connectivity index (χ0) is 20.4. The third kappa shape index (κ3) is 2.71. The minimum absolute atomic E-state index is 0.321. The number of aliphatic imine (C=N–C) groups is 1. The Morgan fingerprint density at radius 2 is 2.11 bits per heavy atom. The number of amides is 1. The average Bonchev–Trinajstić information content (AvgIpc) is 2.96. The summed E-state index contributed by atoms with van der Waals surface area (Å²) in [5.74, 6) is -4.16. The summed E-state index contributed by atoms with van der Waals surface area (Å²) in [5.41, 5.74) is 8.34. The number of hydroxylamine groups is 2. The van der Waals surface area contributed by atoms with Crippen molar-refractivity contribution < 1.29 is 42.1 Å². The Morgan fingerprint density at radius 3 is 2.67 bits per heavy atom. The van der Waals surface area contributed by atoms with Crippen LogP contribution in [-0.4, -0.2) is 99.2 Å². The van der Waals surface area contributed by atoms with Crippen LogP contribution in [0.15, 0.2) is 4.99 Å². The van der Waals surface area contributed by atoms with Gasteiger partial charge in [-0.15, -0.1) is 0 Å². The molecule has 152 valence electrons. The van der Waals surface area contributed by atoms with E-state index >= 15 is 0 Å². The molecule has 0 unspecified atom stereocenters. The Labute approximate surface area is 151 Å². The summed E-state index contributed by atoms with van der Waals surface area (Å²) in [7, 11) is -5.11. The summed E-state index contributed by atoms with van der Waals surface area (Å²) in [6.07, 6.45) is -3.19. The molecule has 1 amide bonds. The van der Waals surface area contributed by atoms with Crippen LogP contribution >= 0.6 is 0 Å². The van der Waals surface area contributed by atoms with E-state index in [4.69, 9.17) is 21.4 Å². The van der Waals surface area contributed by atoms with Gasteiger partial charge in [0.2, 0.25) is 11.7 Å². The molecule has 3 rings (SSSR count). The lowest BCUT2D eigenvalue weighted by atomic mass is 9.85. The number of carbonyl (C=O) groups excluding carboxylic acids is 1. The molecule has 3 aliphatic rings. The Kier molecular flexibility index (Phi) is 4.13. The van der Waals surface area contributed by atoms with Gasteiger partial charge in [-0.2, -0.15) is 8.42 Å². The van der Waals surface area contributed by atoms with Crippen molar-refractivity contribution in [2.75, 3.05) is 13.2 Å². The molecule has 0 radical (unpaired) electrons. The molecular weight excluding hydrogens is 394 g/mol. The van der Waals surface area contributed by atoms with Crippen LogP contribution in [0.1, 0.15) is 0 Å². The predicted molar refractivity (Wildman–Crippen MR) is 82.2 cm³/mol. The number of ether oxygens (including phenoxy) is 1. The Morgan fingerprint density at radius 1 is 1.48 bits per heavy atom. The van der Waals surface area contributed by atoms with Gasteiger partial charge >= 0.3 is 16.5 Å². The second-order valence-corrected chi connectivity index (χ2v) is 7.11. The van der Waals surface area contributed by atoms with E-state index in [1.165, 1.54) is 0 Å². The number of nitrogens with two attached hydrogens (primary N) is 2. The lowest BCUT2D eigenvalue weighted by Crippen LogP contribution is -2.80. The van der Waals surface area contributed by atoms with Gasteiger partial charge in [0.05, 0.1) is 6.54 Å². The van der Waals surface area contributed by atoms with E-state index < -0.39 is 65.2 Å². The van der Waals surface area contributed by atoms with Crippen molar-refractivity contribution >= 4 is 28.4 Å². The molecule has 2 fully saturated rings. The van der Waals surface area contributed by atoms with Gasteiger partial charge in [0.1, 0.15) is 18.7 Å². The van der Waals surface area contributed by atoms with Crippen molar-refractivity contribution in [2.45, 2.75) is 29.6 Å². The molecule has 2 saturated heterocycles. The molecule has 3 heterocycles. The van der Waals surface area contributed by atoms with Crippen LogP contribution in [-0.2, 0) is 19.3 Å². The fourth-order valence-corrected chi connectivity index (χ4v) is 4.06. The maximum atomic E-state index is 11.1. The molecule has 3 aliphatic heterocycles. The molecule has 1 spiro atoms. The number of rotatable bonds is 4. The van der Waals surface area contributed by atoms with Gasteiger partial charge in [0.15, 0.2) is 17.7 Å². The van der Waals surface area contributed by atoms with Gasteiger partial charge in [-0.05, 0) is 0 Å². The van der Waals surface area contributed by atoms with E-state index in [9.17, 15) is 28.6 Å². The van der Waals surface area contributed by atoms with E-state index in [1.54, 1.807) is 0 Å². The Hall–Kier alpha value is -2.44. The van der Waals surface area contributed by atoms with Crippen LogP contribution < -0.4 is 16.8 Å². The number of nitrogens with one attached hydrogen (secondary N) is 2. The summed E-state index contributed by atoms with van der Waals surface area (Å²) in [6.45, 7) is -1.29. The van der Waals surface area contributed by atoms with Gasteiger partial charge in [-0.3, -0.25) is 15.2 Å². The number of aliphatic hydroxyl groups is 2. The molecular formula is C10H17N7O9S. The van der Waals surface area contributed by atoms with Gasteiger partial charge < -0.3 is 36.6 Å². The molecule has 0 bridgehead atoms. The van der Waals surface area contributed by atoms with Crippen molar-refractivity contribution in [1.82, 2.24) is 15.3 Å². The zero-order valence-corrected chi connectivity index (χ0v) is 14.2. The lowest BCUT2D eigenvalue weighted by Gasteiger charge is -2.52. The molecule has 0 aromatic carbocycles. The fourth-order valence-electron chi connectivity index (χ4n) is 3.57. The monoisotopic (exact) mass is 411 g/mol. The highest BCUT2D eigenvalue weighted by Crippen LogP contribution is 2.47. The highest BCUT2D eigenvalue weighted by atomic mass is 32.3. The SMILES string of the molecule is N=C1N(O)[C@@H](COC(N)=O)[C@H]2N=C(N)N[C@]23N1C[C@H](OS(=O)(=O)O)C3(O)O. The third-order valence-corrected chi connectivity index (χ3v) is 5.07. The first-order valence-electron chi connectivity index (χ1n) is 7.29. The van der Waals surface area contributed by atoms with Gasteiger partial charge in [0, 0.05) is 0 Å². The summed E-state index contributed by atoms with van der Waals surface area (Å²) in [5, 5.41) is 42.4. The number of nitrogens with zero attached hydrogens (tertiary/aromatic N) is 3. The van der Waals surface area contributed by atoms with E-state index in [2.05, 4.69) is 19.2 Å². The van der Waals surface area contributed by atoms with Crippen LogP contribution in [0.2, 0.25) is 0 Å². The van der Waals surface area contributed by atoms with Crippen LogP contribution in [0, 0.1) is 5.41 Å². The molecule has 17 heteroatoms. The topological polar surface area (TPSA) is 257 Å². The van der Waals surface area contributed by atoms with Crippen molar-refractivity contribution in [3.05, 3.63) is 0 Å². The summed E-state index contributed by atoms with van der Waals surface area (Å²) >= 11 is 0. The number of carbonyl (C=O) groups is 1. The first-order valence-corrected chi connectivity index (χ1v) is 8.66. The van der Waals surface area contributed by atoms with E-state index in [0.29, 0.717) is 5.06 Å². The molecule has 27 heavy (non-hydrogen) atoms. The first-order chi connectivity index (χ1) is 12.3. The Bertz CT molecular complexity index is 816. The second-order valence-electron chi connectivity index (χ2n) is 6.07. The highest BCUT2D eigenvalue weighted by Gasteiger charge is 2.76. The van der Waals surface area contributed by atoms with Crippen molar-refractivity contribution in [1.29, 1.82) is 5.41 Å². The quantitative estimate of drug-likeness (QED) is 0.160. The van der Waals surface area contributed by atoms with E-state index in [1.807, 2.05) is 0 Å². The van der Waals surface area contributed by atoms with Gasteiger partial charge in [0.25, 0.3) is 0 Å². The van der Waals surface area contributed by atoms with E-state index in [0.717, 1.165) is 4.90 Å². The molecule has 0 aliphatic carbocycles. The number of hydrogen-bond donors (Lipinski definition) is 8. The van der Waals surface area contributed by atoms with Crippen LogP contribution in [0.3, 0.4) is 0 Å². The van der Waals surface area contributed by atoms with E-state index in [-0.39, 0.29) is 5.96 Å². The third-order valence-electron chi connectivity index (χ3n) is 4.59. The molecule has 0 aromatic rings. The zero-order valence-electron chi connectivity index (χ0n) is 13.4. The minimum Gasteiger partial charge on any atom is -0.447 e. The fraction of sp³-hybridized carbons (Fsp3) is 0.700. The van der Waals surface area contributed by atoms with Crippen LogP contribution in [0.25, 0.3) is 0 Å².